The minimum absolute atomic E-state index is 0.00241. The molecule has 3 nitrogen and oxygen atoms in total. The van der Waals surface area contributed by atoms with Gasteiger partial charge >= 0.3 is 6.09 Å². The van der Waals surface area contributed by atoms with Crippen molar-refractivity contribution in [2.45, 2.75) is 12.1 Å². The highest BCUT2D eigenvalue weighted by atomic mass is 16.6. The van der Waals surface area contributed by atoms with E-state index in [2.05, 4.69) is 5.32 Å². The molecule has 1 aliphatic heterocycles. The van der Waals surface area contributed by atoms with Gasteiger partial charge in [-0.05, 0) is 5.56 Å². The van der Waals surface area contributed by atoms with E-state index < -0.39 is 0 Å². The number of fused-ring (bicyclic) bond motifs is 3. The van der Waals surface area contributed by atoms with Gasteiger partial charge in [-0.2, -0.15) is 0 Å². The van der Waals surface area contributed by atoms with Crippen molar-refractivity contribution >= 4 is 12.2 Å². The number of benzene rings is 1. The Bertz CT molecular complexity index is 425. The minimum atomic E-state index is -0.332. The molecule has 0 saturated carbocycles. The number of alkyl carbamates (subject to hydrolysis) is 1. The number of hydrogen-bond donors (Lipinski definition) is 1. The van der Waals surface area contributed by atoms with Crippen LogP contribution in [0.2, 0.25) is 0 Å². The Labute approximate surface area is 81.4 Å². The summed E-state index contributed by atoms with van der Waals surface area (Å²) in [7, 11) is 0. The van der Waals surface area contributed by atoms with Crippen molar-refractivity contribution < 1.29 is 9.53 Å². The van der Waals surface area contributed by atoms with Crippen LogP contribution in [0.4, 0.5) is 4.79 Å². The SMILES string of the molecule is O=C1N[C@H]2C=Cc3ccccc3[C@H]2O1. The zero-order chi connectivity index (χ0) is 9.54. The molecule has 1 saturated heterocycles. The molecule has 1 fully saturated rings. The highest BCUT2D eigenvalue weighted by Crippen LogP contribution is 2.33. The van der Waals surface area contributed by atoms with Crippen LogP contribution in [0.1, 0.15) is 17.2 Å². The second kappa shape index (κ2) is 2.61. The van der Waals surface area contributed by atoms with E-state index in [-0.39, 0.29) is 18.2 Å². The first-order valence-electron chi connectivity index (χ1n) is 4.59. The molecule has 0 spiro atoms. The first-order chi connectivity index (χ1) is 6.84. The van der Waals surface area contributed by atoms with Crippen LogP contribution in [0, 0.1) is 0 Å². The molecule has 0 radical (unpaired) electrons. The van der Waals surface area contributed by atoms with Gasteiger partial charge in [0.2, 0.25) is 0 Å². The second-order valence-corrected chi connectivity index (χ2v) is 3.48. The van der Waals surface area contributed by atoms with Gasteiger partial charge in [0.25, 0.3) is 0 Å². The van der Waals surface area contributed by atoms with Gasteiger partial charge in [-0.15, -0.1) is 0 Å². The molecule has 3 rings (SSSR count). The molecule has 0 bridgehead atoms. The normalized spacial score (nSPS) is 27.6. The molecule has 2 atom stereocenters. The molecule has 1 aliphatic carbocycles. The standard InChI is InChI=1S/C11H9NO2/c13-11-12-9-6-5-7-3-1-2-4-8(7)10(9)14-11/h1-6,9-10H,(H,12,13)/t9-,10+/m0/s1. The van der Waals surface area contributed by atoms with E-state index >= 15 is 0 Å². The van der Waals surface area contributed by atoms with E-state index in [0.29, 0.717) is 0 Å². The van der Waals surface area contributed by atoms with Crippen molar-refractivity contribution in [3.63, 3.8) is 0 Å². The van der Waals surface area contributed by atoms with Crippen LogP contribution >= 0.6 is 0 Å². The Morgan fingerprint density at radius 3 is 3.07 bits per heavy atom. The molecule has 2 aliphatic rings. The summed E-state index contributed by atoms with van der Waals surface area (Å²) in [5.41, 5.74) is 2.21. The third-order valence-electron chi connectivity index (χ3n) is 2.63. The summed E-state index contributed by atoms with van der Waals surface area (Å²) in [6.07, 6.45) is 3.51. The molecular weight excluding hydrogens is 178 g/mol. The zero-order valence-corrected chi connectivity index (χ0v) is 7.44. The molecule has 1 aromatic rings. The monoisotopic (exact) mass is 187 g/mol. The topological polar surface area (TPSA) is 38.3 Å². The first-order valence-corrected chi connectivity index (χ1v) is 4.59. The van der Waals surface area contributed by atoms with Crippen molar-refractivity contribution in [1.29, 1.82) is 0 Å². The van der Waals surface area contributed by atoms with Gasteiger partial charge in [-0.3, -0.25) is 0 Å². The Morgan fingerprint density at radius 2 is 2.14 bits per heavy atom. The average Bonchev–Trinajstić information content (AvgIpc) is 2.59. The van der Waals surface area contributed by atoms with Crippen molar-refractivity contribution in [2.75, 3.05) is 0 Å². The molecule has 1 amide bonds. The van der Waals surface area contributed by atoms with Gasteiger partial charge in [-0.1, -0.05) is 36.4 Å². The lowest BCUT2D eigenvalue weighted by Gasteiger charge is -2.20. The lowest BCUT2D eigenvalue weighted by molar-refractivity contribution is 0.135. The van der Waals surface area contributed by atoms with Crippen molar-refractivity contribution in [3.8, 4) is 0 Å². The number of amides is 1. The van der Waals surface area contributed by atoms with Gasteiger partial charge in [-0.25, -0.2) is 4.79 Å². The largest absolute Gasteiger partial charge is 0.439 e. The number of nitrogens with one attached hydrogen (secondary N) is 1. The maximum atomic E-state index is 11.1. The van der Waals surface area contributed by atoms with Crippen LogP contribution in [0.5, 0.6) is 0 Å². The van der Waals surface area contributed by atoms with Crippen LogP contribution in [-0.2, 0) is 4.74 Å². The predicted octanol–water partition coefficient (Wildman–Crippen LogP) is 1.86. The van der Waals surface area contributed by atoms with E-state index in [4.69, 9.17) is 4.74 Å². The maximum absolute atomic E-state index is 11.1. The van der Waals surface area contributed by atoms with Gasteiger partial charge in [0.05, 0.1) is 6.04 Å². The number of rotatable bonds is 0. The zero-order valence-electron chi connectivity index (χ0n) is 7.44. The van der Waals surface area contributed by atoms with Gasteiger partial charge in [0.1, 0.15) is 0 Å². The summed E-state index contributed by atoms with van der Waals surface area (Å²) in [5.74, 6) is 0. The molecule has 3 heteroatoms. The van der Waals surface area contributed by atoms with E-state index in [1.165, 1.54) is 0 Å². The molecule has 1 N–H and O–H groups in total. The average molecular weight is 187 g/mol. The first kappa shape index (κ1) is 7.62. The van der Waals surface area contributed by atoms with Crippen LogP contribution in [0.3, 0.4) is 0 Å². The Kier molecular flexibility index (Phi) is 1.42. The summed E-state index contributed by atoms with van der Waals surface area (Å²) < 4.78 is 5.19. The number of hydrogen-bond acceptors (Lipinski definition) is 2. The smallest absolute Gasteiger partial charge is 0.408 e. The van der Waals surface area contributed by atoms with Crippen molar-refractivity contribution in [2.24, 2.45) is 0 Å². The fourth-order valence-electron chi connectivity index (χ4n) is 1.97. The lowest BCUT2D eigenvalue weighted by atomic mass is 9.92. The maximum Gasteiger partial charge on any atom is 0.408 e. The Balaban J connectivity index is 2.11. The summed E-state index contributed by atoms with van der Waals surface area (Å²) in [5, 5.41) is 2.75. The summed E-state index contributed by atoms with van der Waals surface area (Å²) >= 11 is 0. The molecular formula is C11H9NO2. The molecule has 14 heavy (non-hydrogen) atoms. The van der Waals surface area contributed by atoms with E-state index in [1.807, 2.05) is 36.4 Å². The Hall–Kier alpha value is -1.77. The number of carbonyl (C=O) groups excluding carboxylic acids is 1. The van der Waals surface area contributed by atoms with Crippen LogP contribution in [0.15, 0.2) is 30.3 Å². The van der Waals surface area contributed by atoms with Crippen molar-refractivity contribution in [1.82, 2.24) is 5.32 Å². The predicted molar refractivity (Wildman–Crippen MR) is 51.6 cm³/mol. The van der Waals surface area contributed by atoms with Crippen LogP contribution < -0.4 is 5.32 Å². The molecule has 0 unspecified atom stereocenters. The van der Waals surface area contributed by atoms with Crippen LogP contribution in [-0.4, -0.2) is 12.1 Å². The highest BCUT2D eigenvalue weighted by Gasteiger charge is 2.36. The highest BCUT2D eigenvalue weighted by molar-refractivity contribution is 5.74. The van der Waals surface area contributed by atoms with Gasteiger partial charge in [0, 0.05) is 5.56 Å². The van der Waals surface area contributed by atoms with Crippen molar-refractivity contribution in [3.05, 3.63) is 41.5 Å². The van der Waals surface area contributed by atoms with E-state index in [1.54, 1.807) is 0 Å². The fraction of sp³-hybridized carbons (Fsp3) is 0.182. The molecule has 70 valence electrons. The van der Waals surface area contributed by atoms with Crippen LogP contribution in [0.25, 0.3) is 6.08 Å². The van der Waals surface area contributed by atoms with E-state index in [0.717, 1.165) is 11.1 Å². The second-order valence-electron chi connectivity index (χ2n) is 3.48. The quantitative estimate of drug-likeness (QED) is 0.673. The number of carbonyl (C=O) groups is 1. The fourth-order valence-corrected chi connectivity index (χ4v) is 1.97. The van der Waals surface area contributed by atoms with Gasteiger partial charge in [0.15, 0.2) is 6.10 Å². The van der Waals surface area contributed by atoms with E-state index in [9.17, 15) is 4.79 Å². The molecule has 1 heterocycles. The van der Waals surface area contributed by atoms with Gasteiger partial charge < -0.3 is 10.1 Å². The summed E-state index contributed by atoms with van der Waals surface area (Å²) in [6, 6.07) is 7.96. The number of ether oxygens (including phenoxy) is 1. The summed E-state index contributed by atoms with van der Waals surface area (Å²) in [4.78, 5) is 11.1. The third-order valence-corrected chi connectivity index (χ3v) is 2.63. The molecule has 0 aromatic heterocycles. The Morgan fingerprint density at radius 1 is 1.29 bits per heavy atom. The minimum Gasteiger partial charge on any atom is -0.439 e. The molecule has 1 aromatic carbocycles. The lowest BCUT2D eigenvalue weighted by Crippen LogP contribution is -2.27. The summed E-state index contributed by atoms with van der Waals surface area (Å²) in [6.45, 7) is 0. The third kappa shape index (κ3) is 0.954.